The third kappa shape index (κ3) is 3.71. The predicted molar refractivity (Wildman–Crippen MR) is 86.9 cm³/mol. The van der Waals surface area contributed by atoms with Gasteiger partial charge in [-0.15, -0.1) is 0 Å². The highest BCUT2D eigenvalue weighted by Gasteiger charge is 2.27. The molecule has 0 saturated heterocycles. The molecule has 0 aliphatic rings. The number of nitrogens with one attached hydrogen (secondary N) is 1. The maximum atomic E-state index is 12.2. The molecule has 0 aliphatic carbocycles. The van der Waals surface area contributed by atoms with Crippen molar-refractivity contribution >= 4 is 32.6 Å². The van der Waals surface area contributed by atoms with Crippen molar-refractivity contribution in [3.05, 3.63) is 18.2 Å². The summed E-state index contributed by atoms with van der Waals surface area (Å²) in [6.45, 7) is 6.31. The SMILES string of the molecule is CCCC(C)(N)C(=O)Nc1nc2ccc(OCC)cc2s1. The highest BCUT2D eigenvalue weighted by atomic mass is 32.1. The Hall–Kier alpha value is -1.66. The van der Waals surface area contributed by atoms with E-state index in [0.29, 0.717) is 18.2 Å². The zero-order valence-electron chi connectivity index (χ0n) is 12.6. The van der Waals surface area contributed by atoms with Gasteiger partial charge < -0.3 is 15.8 Å². The van der Waals surface area contributed by atoms with Gasteiger partial charge in [0, 0.05) is 0 Å². The summed E-state index contributed by atoms with van der Waals surface area (Å²) >= 11 is 1.42. The third-order valence-corrected chi connectivity index (χ3v) is 4.11. The fourth-order valence-corrected chi connectivity index (χ4v) is 2.98. The Morgan fingerprint density at radius 1 is 1.48 bits per heavy atom. The van der Waals surface area contributed by atoms with Crippen LogP contribution in [0.3, 0.4) is 0 Å². The Balaban J connectivity index is 2.17. The molecule has 0 aliphatic heterocycles. The fraction of sp³-hybridized carbons (Fsp3) is 0.467. The van der Waals surface area contributed by atoms with Crippen LogP contribution in [0.25, 0.3) is 10.2 Å². The maximum absolute atomic E-state index is 12.2. The molecule has 2 rings (SSSR count). The molecular formula is C15H21N3O2S. The first-order valence-corrected chi connectivity index (χ1v) is 7.91. The number of carbonyl (C=O) groups is 1. The van der Waals surface area contributed by atoms with Crippen LogP contribution in [0.2, 0.25) is 0 Å². The summed E-state index contributed by atoms with van der Waals surface area (Å²) in [5.74, 6) is 0.606. The number of fused-ring (bicyclic) bond motifs is 1. The molecule has 0 saturated carbocycles. The second kappa shape index (κ2) is 6.41. The predicted octanol–water partition coefficient (Wildman–Crippen LogP) is 3.15. The largest absolute Gasteiger partial charge is 0.494 e. The number of hydrogen-bond acceptors (Lipinski definition) is 5. The molecule has 0 fully saturated rings. The van der Waals surface area contributed by atoms with Gasteiger partial charge in [0.2, 0.25) is 5.91 Å². The monoisotopic (exact) mass is 307 g/mol. The summed E-state index contributed by atoms with van der Waals surface area (Å²) < 4.78 is 6.44. The van der Waals surface area contributed by atoms with Gasteiger partial charge in [0.25, 0.3) is 0 Å². The van der Waals surface area contributed by atoms with Crippen molar-refractivity contribution in [2.75, 3.05) is 11.9 Å². The number of nitrogens with two attached hydrogens (primary N) is 1. The second-order valence-electron chi connectivity index (χ2n) is 5.20. The van der Waals surface area contributed by atoms with Crippen LogP contribution in [-0.2, 0) is 4.79 Å². The molecule has 3 N–H and O–H groups in total. The van der Waals surface area contributed by atoms with Crippen LogP contribution in [-0.4, -0.2) is 23.0 Å². The molecule has 0 bridgehead atoms. The molecule has 1 amide bonds. The van der Waals surface area contributed by atoms with E-state index in [9.17, 15) is 4.79 Å². The summed E-state index contributed by atoms with van der Waals surface area (Å²) in [6.07, 6.45) is 1.50. The van der Waals surface area contributed by atoms with Crippen molar-refractivity contribution in [3.8, 4) is 5.75 Å². The van der Waals surface area contributed by atoms with Crippen LogP contribution < -0.4 is 15.8 Å². The van der Waals surface area contributed by atoms with Gasteiger partial charge in [-0.25, -0.2) is 4.98 Å². The molecule has 5 nitrogen and oxygen atoms in total. The molecule has 1 atom stereocenters. The van der Waals surface area contributed by atoms with Crippen LogP contribution in [0.4, 0.5) is 5.13 Å². The lowest BCUT2D eigenvalue weighted by molar-refractivity contribution is -0.120. The third-order valence-electron chi connectivity index (χ3n) is 3.18. The van der Waals surface area contributed by atoms with Gasteiger partial charge in [-0.3, -0.25) is 4.79 Å². The van der Waals surface area contributed by atoms with Gasteiger partial charge >= 0.3 is 0 Å². The summed E-state index contributed by atoms with van der Waals surface area (Å²) in [7, 11) is 0. The Morgan fingerprint density at radius 2 is 2.24 bits per heavy atom. The number of ether oxygens (including phenoxy) is 1. The average molecular weight is 307 g/mol. The molecule has 1 heterocycles. The van der Waals surface area contributed by atoms with Crippen molar-refractivity contribution in [3.63, 3.8) is 0 Å². The number of hydrogen-bond donors (Lipinski definition) is 2. The summed E-state index contributed by atoms with van der Waals surface area (Å²) in [5, 5.41) is 3.38. The van der Waals surface area contributed by atoms with Gasteiger partial charge in [0.05, 0.1) is 22.4 Å². The topological polar surface area (TPSA) is 77.2 Å². The van der Waals surface area contributed by atoms with Crippen LogP contribution in [0, 0.1) is 0 Å². The molecule has 0 radical (unpaired) electrons. The van der Waals surface area contributed by atoms with Gasteiger partial charge in [-0.05, 0) is 38.5 Å². The summed E-state index contributed by atoms with van der Waals surface area (Å²) in [5.41, 5.74) is 5.99. The zero-order chi connectivity index (χ0) is 15.5. The Morgan fingerprint density at radius 3 is 2.90 bits per heavy atom. The molecule has 1 unspecified atom stereocenters. The van der Waals surface area contributed by atoms with Gasteiger partial charge in [-0.1, -0.05) is 24.7 Å². The molecule has 114 valence electrons. The zero-order valence-corrected chi connectivity index (χ0v) is 13.4. The number of aromatic nitrogens is 1. The first kappa shape index (κ1) is 15.7. The van der Waals surface area contributed by atoms with Gasteiger partial charge in [0.1, 0.15) is 5.75 Å². The number of benzene rings is 1. The average Bonchev–Trinajstić information content (AvgIpc) is 2.80. The van der Waals surface area contributed by atoms with Crippen LogP contribution >= 0.6 is 11.3 Å². The molecule has 1 aromatic heterocycles. The fourth-order valence-electron chi connectivity index (χ4n) is 2.09. The first-order valence-electron chi connectivity index (χ1n) is 7.10. The quantitative estimate of drug-likeness (QED) is 0.859. The van der Waals surface area contributed by atoms with Gasteiger partial charge in [-0.2, -0.15) is 0 Å². The van der Waals surface area contributed by atoms with Crippen molar-refractivity contribution < 1.29 is 9.53 Å². The van der Waals surface area contributed by atoms with Crippen LogP contribution in [0.1, 0.15) is 33.6 Å². The lowest BCUT2D eigenvalue weighted by atomic mass is 9.97. The van der Waals surface area contributed by atoms with Crippen molar-refractivity contribution in [1.29, 1.82) is 0 Å². The Labute approximate surface area is 128 Å². The molecule has 1 aromatic carbocycles. The van der Waals surface area contributed by atoms with Crippen molar-refractivity contribution in [2.24, 2.45) is 5.73 Å². The highest BCUT2D eigenvalue weighted by molar-refractivity contribution is 7.22. The Kier molecular flexibility index (Phi) is 4.80. The lowest BCUT2D eigenvalue weighted by Gasteiger charge is -2.21. The van der Waals surface area contributed by atoms with Crippen LogP contribution in [0.15, 0.2) is 18.2 Å². The summed E-state index contributed by atoms with van der Waals surface area (Å²) in [6, 6.07) is 5.70. The Bertz CT molecular complexity index is 637. The highest BCUT2D eigenvalue weighted by Crippen LogP contribution is 2.29. The number of anilines is 1. The minimum atomic E-state index is -0.872. The number of amides is 1. The molecule has 21 heavy (non-hydrogen) atoms. The molecule has 0 spiro atoms. The minimum Gasteiger partial charge on any atom is -0.494 e. The van der Waals surface area contributed by atoms with E-state index in [4.69, 9.17) is 10.5 Å². The van der Waals surface area contributed by atoms with E-state index in [0.717, 1.165) is 22.4 Å². The molecule has 6 heteroatoms. The maximum Gasteiger partial charge on any atom is 0.245 e. The number of rotatable bonds is 6. The minimum absolute atomic E-state index is 0.201. The van der Waals surface area contributed by atoms with E-state index < -0.39 is 5.54 Å². The van der Waals surface area contributed by atoms with Crippen molar-refractivity contribution in [1.82, 2.24) is 4.98 Å². The summed E-state index contributed by atoms with van der Waals surface area (Å²) in [4.78, 5) is 16.6. The standard InChI is InChI=1S/C15H21N3O2S/c1-4-8-15(3,16)13(19)18-14-17-11-7-6-10(20-5-2)9-12(11)21-14/h6-7,9H,4-5,8,16H2,1-3H3,(H,17,18,19). The first-order chi connectivity index (χ1) is 9.96. The van der Waals surface area contributed by atoms with E-state index in [1.165, 1.54) is 11.3 Å². The number of carbonyl (C=O) groups excluding carboxylic acids is 1. The van der Waals surface area contributed by atoms with E-state index >= 15 is 0 Å². The van der Waals surface area contributed by atoms with Crippen LogP contribution in [0.5, 0.6) is 5.75 Å². The lowest BCUT2D eigenvalue weighted by Crippen LogP contribution is -2.48. The number of nitrogens with zero attached hydrogens (tertiary/aromatic N) is 1. The normalized spacial score (nSPS) is 13.9. The van der Waals surface area contributed by atoms with E-state index in [2.05, 4.69) is 10.3 Å². The number of thiazole rings is 1. The van der Waals surface area contributed by atoms with Gasteiger partial charge in [0.15, 0.2) is 5.13 Å². The van der Waals surface area contributed by atoms with E-state index in [1.807, 2.05) is 32.0 Å². The van der Waals surface area contributed by atoms with Crippen molar-refractivity contribution in [2.45, 2.75) is 39.2 Å². The smallest absolute Gasteiger partial charge is 0.245 e. The van der Waals surface area contributed by atoms with E-state index in [-0.39, 0.29) is 5.91 Å². The second-order valence-corrected chi connectivity index (χ2v) is 6.23. The molecule has 2 aromatic rings. The molecular weight excluding hydrogens is 286 g/mol. The van der Waals surface area contributed by atoms with E-state index in [1.54, 1.807) is 6.92 Å².